The van der Waals surface area contributed by atoms with Crippen molar-refractivity contribution in [2.75, 3.05) is 7.11 Å². The summed E-state index contributed by atoms with van der Waals surface area (Å²) in [5.74, 6) is 0.350. The van der Waals surface area contributed by atoms with Gasteiger partial charge in [-0.2, -0.15) is 0 Å². The summed E-state index contributed by atoms with van der Waals surface area (Å²) in [5, 5.41) is 0.0918. The molecule has 0 heterocycles. The van der Waals surface area contributed by atoms with E-state index >= 15 is 0 Å². The number of ether oxygens (including phenoxy) is 2. The second kappa shape index (κ2) is 7.07. The van der Waals surface area contributed by atoms with Crippen molar-refractivity contribution in [3.63, 3.8) is 0 Å². The maximum absolute atomic E-state index is 13.4. The third-order valence-electron chi connectivity index (χ3n) is 2.81. The normalized spacial score (nSPS) is 10.6. The van der Waals surface area contributed by atoms with Gasteiger partial charge in [-0.05, 0) is 29.8 Å². The van der Waals surface area contributed by atoms with Crippen LogP contribution >= 0.6 is 27.5 Å². The molecule has 0 aliphatic rings. The molecule has 0 saturated carbocycles. The highest BCUT2D eigenvalue weighted by Gasteiger charge is 2.10. The maximum atomic E-state index is 13.4. The number of hydrogen-bond donors (Lipinski definition) is 0. The molecule has 0 unspecified atom stereocenters. The van der Waals surface area contributed by atoms with Crippen molar-refractivity contribution < 1.29 is 13.9 Å². The Bertz CT molecular complexity index is 587. The Morgan fingerprint density at radius 2 is 1.80 bits per heavy atom. The lowest BCUT2D eigenvalue weighted by Gasteiger charge is -2.09. The molecule has 106 valence electrons. The first kappa shape index (κ1) is 15.3. The van der Waals surface area contributed by atoms with Crippen molar-refractivity contribution in [2.45, 2.75) is 13.2 Å². The molecule has 2 aromatic rings. The highest BCUT2D eigenvalue weighted by atomic mass is 79.9. The predicted octanol–water partition coefficient (Wildman–Crippen LogP) is 4.97. The minimum Gasteiger partial charge on any atom is -0.497 e. The highest BCUT2D eigenvalue weighted by Crippen LogP contribution is 2.28. The van der Waals surface area contributed by atoms with Gasteiger partial charge >= 0.3 is 0 Å². The third kappa shape index (κ3) is 3.72. The van der Waals surface area contributed by atoms with Gasteiger partial charge in [0.25, 0.3) is 0 Å². The van der Waals surface area contributed by atoms with Crippen LogP contribution in [0.3, 0.4) is 0 Å². The summed E-state index contributed by atoms with van der Waals surface area (Å²) in [5.41, 5.74) is 1.62. The number of benzene rings is 2. The van der Waals surface area contributed by atoms with Gasteiger partial charge in [0.2, 0.25) is 0 Å². The first-order valence-electron chi connectivity index (χ1n) is 5.95. The zero-order valence-electron chi connectivity index (χ0n) is 10.8. The molecule has 2 aromatic carbocycles. The molecule has 0 spiro atoms. The van der Waals surface area contributed by atoms with Crippen LogP contribution in [0.4, 0.5) is 4.39 Å². The van der Waals surface area contributed by atoms with Gasteiger partial charge in [-0.3, -0.25) is 0 Å². The molecular formula is C15H13BrClFO2. The number of rotatable bonds is 5. The summed E-state index contributed by atoms with van der Waals surface area (Å²) >= 11 is 9.26. The highest BCUT2D eigenvalue weighted by molar-refractivity contribution is 9.10. The van der Waals surface area contributed by atoms with E-state index in [0.29, 0.717) is 12.2 Å². The second-order valence-corrected chi connectivity index (χ2v) is 5.39. The van der Waals surface area contributed by atoms with Crippen LogP contribution in [0.2, 0.25) is 5.02 Å². The SMILES string of the molecule is COc1ccc(COCc2c(Br)ccc(F)c2Cl)cc1. The fourth-order valence-corrected chi connectivity index (χ4v) is 2.47. The minimum absolute atomic E-state index is 0.0918. The molecule has 2 nitrogen and oxygen atoms in total. The van der Waals surface area contributed by atoms with Gasteiger partial charge in [-0.15, -0.1) is 0 Å². The Kier molecular flexibility index (Phi) is 5.40. The van der Waals surface area contributed by atoms with Crippen LogP contribution in [-0.4, -0.2) is 7.11 Å². The van der Waals surface area contributed by atoms with E-state index in [1.165, 1.54) is 6.07 Å². The Hall–Kier alpha value is -1.10. The van der Waals surface area contributed by atoms with Crippen LogP contribution in [0.15, 0.2) is 40.9 Å². The lowest BCUT2D eigenvalue weighted by Crippen LogP contribution is -1.97. The van der Waals surface area contributed by atoms with Crippen LogP contribution in [0.25, 0.3) is 0 Å². The number of hydrogen-bond acceptors (Lipinski definition) is 2. The Morgan fingerprint density at radius 3 is 2.45 bits per heavy atom. The van der Waals surface area contributed by atoms with Gasteiger partial charge < -0.3 is 9.47 Å². The first-order chi connectivity index (χ1) is 9.61. The summed E-state index contributed by atoms with van der Waals surface area (Å²) in [4.78, 5) is 0. The van der Waals surface area contributed by atoms with Gasteiger partial charge in [-0.25, -0.2) is 4.39 Å². The van der Waals surface area contributed by atoms with E-state index in [1.807, 2.05) is 24.3 Å². The first-order valence-corrected chi connectivity index (χ1v) is 7.12. The summed E-state index contributed by atoms with van der Waals surface area (Å²) in [6.07, 6.45) is 0. The largest absolute Gasteiger partial charge is 0.497 e. The van der Waals surface area contributed by atoms with Crippen molar-refractivity contribution in [1.29, 1.82) is 0 Å². The topological polar surface area (TPSA) is 18.5 Å². The molecule has 0 saturated heterocycles. The van der Waals surface area contributed by atoms with Gasteiger partial charge in [-0.1, -0.05) is 39.7 Å². The standard InChI is InChI=1S/C15H13BrClFO2/c1-19-11-4-2-10(3-5-11)8-20-9-12-13(16)6-7-14(18)15(12)17/h2-7H,8-9H2,1H3. The predicted molar refractivity (Wildman–Crippen MR) is 80.6 cm³/mol. The lowest BCUT2D eigenvalue weighted by atomic mass is 10.2. The smallest absolute Gasteiger partial charge is 0.142 e. The minimum atomic E-state index is -0.446. The van der Waals surface area contributed by atoms with Crippen molar-refractivity contribution in [2.24, 2.45) is 0 Å². The van der Waals surface area contributed by atoms with Crippen molar-refractivity contribution in [1.82, 2.24) is 0 Å². The molecule has 0 aromatic heterocycles. The number of halogens is 3. The van der Waals surface area contributed by atoms with E-state index in [9.17, 15) is 4.39 Å². The van der Waals surface area contributed by atoms with Crippen LogP contribution in [0.5, 0.6) is 5.75 Å². The summed E-state index contributed by atoms with van der Waals surface area (Å²) in [6.45, 7) is 0.659. The van der Waals surface area contributed by atoms with E-state index in [0.717, 1.165) is 15.8 Å². The summed E-state index contributed by atoms with van der Waals surface area (Å²) in [6, 6.07) is 10.5. The fourth-order valence-electron chi connectivity index (χ4n) is 1.69. The average molecular weight is 360 g/mol. The van der Waals surface area contributed by atoms with E-state index in [2.05, 4.69) is 15.9 Å². The molecule has 0 aliphatic carbocycles. The van der Waals surface area contributed by atoms with Crippen molar-refractivity contribution in [3.05, 3.63) is 62.8 Å². The van der Waals surface area contributed by atoms with E-state index in [1.54, 1.807) is 13.2 Å². The van der Waals surface area contributed by atoms with Crippen LogP contribution in [0.1, 0.15) is 11.1 Å². The Balaban J connectivity index is 1.97. The second-order valence-electron chi connectivity index (χ2n) is 4.16. The third-order valence-corrected chi connectivity index (χ3v) is 3.96. The van der Waals surface area contributed by atoms with Crippen LogP contribution in [-0.2, 0) is 18.0 Å². The van der Waals surface area contributed by atoms with Gasteiger partial charge in [0.05, 0.1) is 25.3 Å². The van der Waals surface area contributed by atoms with Crippen molar-refractivity contribution >= 4 is 27.5 Å². The monoisotopic (exact) mass is 358 g/mol. The van der Waals surface area contributed by atoms with E-state index in [-0.39, 0.29) is 11.6 Å². The van der Waals surface area contributed by atoms with Gasteiger partial charge in [0.15, 0.2) is 0 Å². The maximum Gasteiger partial charge on any atom is 0.142 e. The van der Waals surface area contributed by atoms with Crippen molar-refractivity contribution in [3.8, 4) is 5.75 Å². The fraction of sp³-hybridized carbons (Fsp3) is 0.200. The zero-order chi connectivity index (χ0) is 14.5. The quantitative estimate of drug-likeness (QED) is 0.702. The van der Waals surface area contributed by atoms with Crippen LogP contribution in [0, 0.1) is 5.82 Å². The Labute approximate surface area is 130 Å². The zero-order valence-corrected chi connectivity index (χ0v) is 13.2. The van der Waals surface area contributed by atoms with E-state index in [4.69, 9.17) is 21.1 Å². The molecule has 0 amide bonds. The van der Waals surface area contributed by atoms with Gasteiger partial charge in [0.1, 0.15) is 11.6 Å². The molecule has 0 bridgehead atoms. The van der Waals surface area contributed by atoms with E-state index < -0.39 is 5.82 Å². The Morgan fingerprint density at radius 1 is 1.10 bits per heavy atom. The average Bonchev–Trinajstić information content (AvgIpc) is 2.47. The molecule has 0 atom stereocenters. The molecule has 2 rings (SSSR count). The molecule has 0 N–H and O–H groups in total. The number of methoxy groups -OCH3 is 1. The summed E-state index contributed by atoms with van der Waals surface area (Å²) in [7, 11) is 1.62. The molecule has 20 heavy (non-hydrogen) atoms. The summed E-state index contributed by atoms with van der Waals surface area (Å²) < 4.78 is 24.8. The lowest BCUT2D eigenvalue weighted by molar-refractivity contribution is 0.106. The molecule has 0 fully saturated rings. The van der Waals surface area contributed by atoms with Gasteiger partial charge in [0, 0.05) is 10.0 Å². The molecule has 5 heteroatoms. The molecular weight excluding hydrogens is 347 g/mol. The molecule has 0 radical (unpaired) electrons. The molecule has 0 aliphatic heterocycles. The van der Waals surface area contributed by atoms with Crippen LogP contribution < -0.4 is 4.74 Å².